The number of thiophene rings is 1. The zero-order chi connectivity index (χ0) is 13.0. The molecule has 0 aromatic carbocycles. The molecule has 1 rings (SSSR count). The van der Waals surface area contributed by atoms with Crippen LogP contribution in [0.4, 0.5) is 0 Å². The van der Waals surface area contributed by atoms with Crippen molar-refractivity contribution in [1.82, 2.24) is 9.80 Å². The van der Waals surface area contributed by atoms with Gasteiger partial charge in [0, 0.05) is 18.1 Å². The normalized spacial score (nSPS) is 10.9. The lowest BCUT2D eigenvalue weighted by Gasteiger charge is -2.17. The molecule has 0 aliphatic rings. The molecule has 1 aromatic rings. The number of carbonyl (C=O) groups excluding carboxylic acids is 1. The van der Waals surface area contributed by atoms with E-state index in [1.165, 1.54) is 11.3 Å². The molecule has 0 aliphatic heterocycles. The van der Waals surface area contributed by atoms with Gasteiger partial charge in [-0.2, -0.15) is 0 Å². The summed E-state index contributed by atoms with van der Waals surface area (Å²) in [4.78, 5) is 16.7. The predicted molar refractivity (Wildman–Crippen MR) is 79.9 cm³/mol. The Kier molecular flexibility index (Phi) is 6.12. The highest BCUT2D eigenvalue weighted by atomic mass is 79.9. The summed E-state index contributed by atoms with van der Waals surface area (Å²) in [5, 5.41) is 0. The van der Waals surface area contributed by atoms with E-state index in [0.717, 1.165) is 32.6 Å². The molecule has 0 unspecified atom stereocenters. The summed E-state index contributed by atoms with van der Waals surface area (Å²) >= 11 is 8.25. The highest BCUT2D eigenvalue weighted by Gasteiger charge is 2.15. The lowest BCUT2D eigenvalue weighted by atomic mass is 10.3. The summed E-state index contributed by atoms with van der Waals surface area (Å²) in [6.07, 6.45) is 0.989. The van der Waals surface area contributed by atoms with Gasteiger partial charge >= 0.3 is 0 Å². The molecule has 6 heteroatoms. The average molecular weight is 384 g/mol. The molecule has 0 aliphatic carbocycles. The molecule has 17 heavy (non-hydrogen) atoms. The van der Waals surface area contributed by atoms with Gasteiger partial charge in [-0.05, 0) is 65.0 Å². The Hall–Kier alpha value is 0.0900. The third-order valence-electron chi connectivity index (χ3n) is 2.30. The largest absolute Gasteiger partial charge is 0.341 e. The van der Waals surface area contributed by atoms with E-state index in [9.17, 15) is 4.79 Å². The van der Waals surface area contributed by atoms with Crippen LogP contribution in [0.2, 0.25) is 0 Å². The topological polar surface area (TPSA) is 23.6 Å². The smallest absolute Gasteiger partial charge is 0.263 e. The zero-order valence-electron chi connectivity index (χ0n) is 10.2. The van der Waals surface area contributed by atoms with Crippen molar-refractivity contribution in [1.29, 1.82) is 0 Å². The summed E-state index contributed by atoms with van der Waals surface area (Å²) in [5.41, 5.74) is 0. The van der Waals surface area contributed by atoms with Crippen LogP contribution in [-0.2, 0) is 0 Å². The highest BCUT2D eigenvalue weighted by Crippen LogP contribution is 2.32. The van der Waals surface area contributed by atoms with Crippen molar-refractivity contribution in [3.63, 3.8) is 0 Å². The van der Waals surface area contributed by atoms with Gasteiger partial charge in [0.1, 0.15) is 0 Å². The van der Waals surface area contributed by atoms with Crippen LogP contribution in [-0.4, -0.2) is 49.9 Å². The maximum Gasteiger partial charge on any atom is 0.263 e. The van der Waals surface area contributed by atoms with E-state index < -0.39 is 0 Å². The molecule has 96 valence electrons. The maximum absolute atomic E-state index is 12.1. The molecular formula is C11H16Br2N2OS. The number of amides is 1. The quantitative estimate of drug-likeness (QED) is 0.778. The van der Waals surface area contributed by atoms with Crippen LogP contribution in [0.15, 0.2) is 14.3 Å². The SMILES string of the molecule is CN(C)CCCN(C)C(=O)c1cc(Br)c(Br)s1. The van der Waals surface area contributed by atoms with E-state index >= 15 is 0 Å². The second-order valence-corrected chi connectivity index (χ2v) is 7.34. The van der Waals surface area contributed by atoms with E-state index in [1.807, 2.05) is 27.2 Å². The Bertz CT molecular complexity index is 373. The summed E-state index contributed by atoms with van der Waals surface area (Å²) in [6.45, 7) is 1.78. The molecule has 0 fully saturated rings. The molecule has 1 amide bonds. The molecule has 0 atom stereocenters. The van der Waals surface area contributed by atoms with Crippen molar-refractivity contribution in [2.24, 2.45) is 0 Å². The van der Waals surface area contributed by atoms with E-state index in [4.69, 9.17) is 0 Å². The van der Waals surface area contributed by atoms with Gasteiger partial charge in [0.25, 0.3) is 5.91 Å². The number of rotatable bonds is 5. The Morgan fingerprint density at radius 2 is 1.94 bits per heavy atom. The molecular weight excluding hydrogens is 368 g/mol. The van der Waals surface area contributed by atoms with Crippen molar-refractivity contribution in [3.05, 3.63) is 19.2 Å². The Morgan fingerprint density at radius 3 is 2.41 bits per heavy atom. The summed E-state index contributed by atoms with van der Waals surface area (Å²) in [6, 6.07) is 1.86. The molecule has 0 N–H and O–H groups in total. The standard InChI is InChI=1S/C11H16Br2N2OS/c1-14(2)5-4-6-15(3)11(16)9-7-8(12)10(13)17-9/h7H,4-6H2,1-3H3. The summed E-state index contributed by atoms with van der Waals surface area (Å²) < 4.78 is 1.90. The van der Waals surface area contributed by atoms with Gasteiger partial charge in [-0.25, -0.2) is 0 Å². The number of carbonyl (C=O) groups is 1. The third kappa shape index (κ3) is 4.69. The third-order valence-corrected chi connectivity index (χ3v) is 5.55. The van der Waals surface area contributed by atoms with Gasteiger partial charge in [-0.3, -0.25) is 4.79 Å². The van der Waals surface area contributed by atoms with Crippen LogP contribution in [0.25, 0.3) is 0 Å². The number of hydrogen-bond acceptors (Lipinski definition) is 3. The number of nitrogens with zero attached hydrogens (tertiary/aromatic N) is 2. The van der Waals surface area contributed by atoms with Crippen molar-refractivity contribution in [2.75, 3.05) is 34.2 Å². The van der Waals surface area contributed by atoms with Crippen molar-refractivity contribution < 1.29 is 4.79 Å². The Labute approximate surface area is 123 Å². The van der Waals surface area contributed by atoms with Gasteiger partial charge in [0.2, 0.25) is 0 Å². The molecule has 0 spiro atoms. The van der Waals surface area contributed by atoms with Crippen LogP contribution in [0.1, 0.15) is 16.1 Å². The van der Waals surface area contributed by atoms with Crippen LogP contribution in [0.5, 0.6) is 0 Å². The van der Waals surface area contributed by atoms with Gasteiger partial charge in [0.05, 0.1) is 8.66 Å². The minimum Gasteiger partial charge on any atom is -0.341 e. The maximum atomic E-state index is 12.1. The fraction of sp³-hybridized carbons (Fsp3) is 0.545. The molecule has 0 bridgehead atoms. The lowest BCUT2D eigenvalue weighted by molar-refractivity contribution is 0.0795. The second-order valence-electron chi connectivity index (χ2n) is 4.12. The molecule has 0 saturated carbocycles. The molecule has 1 aromatic heterocycles. The van der Waals surface area contributed by atoms with Gasteiger partial charge < -0.3 is 9.80 Å². The van der Waals surface area contributed by atoms with Crippen molar-refractivity contribution in [2.45, 2.75) is 6.42 Å². The predicted octanol–water partition coefficient (Wildman–Crippen LogP) is 3.30. The molecule has 0 radical (unpaired) electrons. The van der Waals surface area contributed by atoms with Crippen LogP contribution in [0.3, 0.4) is 0 Å². The Morgan fingerprint density at radius 1 is 1.29 bits per heavy atom. The van der Waals surface area contributed by atoms with Gasteiger partial charge in [0.15, 0.2) is 0 Å². The van der Waals surface area contributed by atoms with E-state index in [-0.39, 0.29) is 5.91 Å². The first-order valence-electron chi connectivity index (χ1n) is 5.27. The minimum absolute atomic E-state index is 0.0835. The van der Waals surface area contributed by atoms with Gasteiger partial charge in [-0.1, -0.05) is 0 Å². The number of hydrogen-bond donors (Lipinski definition) is 0. The van der Waals surface area contributed by atoms with Crippen LogP contribution < -0.4 is 0 Å². The molecule has 0 saturated heterocycles. The van der Waals surface area contributed by atoms with E-state index in [0.29, 0.717) is 0 Å². The lowest BCUT2D eigenvalue weighted by Crippen LogP contribution is -2.29. The fourth-order valence-corrected chi connectivity index (χ4v) is 3.40. The summed E-state index contributed by atoms with van der Waals surface area (Å²) in [7, 11) is 5.92. The first kappa shape index (κ1) is 15.1. The molecule has 1 heterocycles. The van der Waals surface area contributed by atoms with Crippen LogP contribution in [0, 0.1) is 0 Å². The van der Waals surface area contributed by atoms with Crippen LogP contribution >= 0.6 is 43.2 Å². The highest BCUT2D eigenvalue weighted by molar-refractivity contribution is 9.13. The van der Waals surface area contributed by atoms with Crippen molar-refractivity contribution >= 4 is 49.1 Å². The number of halogens is 2. The monoisotopic (exact) mass is 382 g/mol. The Balaban J connectivity index is 2.52. The van der Waals surface area contributed by atoms with E-state index in [2.05, 4.69) is 36.8 Å². The average Bonchev–Trinajstić information content (AvgIpc) is 2.57. The molecule has 3 nitrogen and oxygen atoms in total. The fourth-order valence-electron chi connectivity index (χ4n) is 1.37. The van der Waals surface area contributed by atoms with E-state index in [1.54, 1.807) is 4.90 Å². The minimum atomic E-state index is 0.0835. The summed E-state index contributed by atoms with van der Waals surface area (Å²) in [5.74, 6) is 0.0835. The first-order chi connectivity index (χ1) is 7.91. The first-order valence-corrected chi connectivity index (χ1v) is 7.67. The second kappa shape index (κ2) is 6.87. The van der Waals surface area contributed by atoms with Gasteiger partial charge in [-0.15, -0.1) is 11.3 Å². The zero-order valence-corrected chi connectivity index (χ0v) is 14.2. The van der Waals surface area contributed by atoms with Crippen molar-refractivity contribution in [3.8, 4) is 0 Å².